The minimum Gasteiger partial charge on any atom is -0.543 e. The molecule has 0 aliphatic carbocycles. The number of nitrogens with one attached hydrogen (secondary N) is 1. The monoisotopic (exact) mass is 322 g/mol. The number of thioether (sulfide) groups is 1. The molecule has 3 heterocycles. The number of β-lactam (4-membered cyclic amide) rings is 1. The number of ether oxygens (including phenoxy) is 1. The van der Waals surface area contributed by atoms with Crippen LogP contribution in [0.15, 0.2) is 10.6 Å². The topological polar surface area (TPSA) is 119 Å². The third-order valence-corrected chi connectivity index (χ3v) is 4.95. The summed E-state index contributed by atoms with van der Waals surface area (Å²) >= 11 is 1.12. The molecule has 2 amide bonds. The third kappa shape index (κ3) is 2.46. The van der Waals surface area contributed by atoms with E-state index >= 15 is 0 Å². The summed E-state index contributed by atoms with van der Waals surface area (Å²) in [7, 11) is 0. The number of cyclic esters (lactones) is 1. The number of aliphatic hydroxyl groups is 1. The summed E-state index contributed by atoms with van der Waals surface area (Å²) < 4.78 is 4.96. The van der Waals surface area contributed by atoms with Gasteiger partial charge in [0.15, 0.2) is 6.10 Å². The van der Waals surface area contributed by atoms with Gasteiger partial charge in [-0.05, 0) is 6.92 Å². The molecule has 0 unspecified atom stereocenters. The van der Waals surface area contributed by atoms with Crippen molar-refractivity contribution < 1.29 is 58.9 Å². The van der Waals surface area contributed by atoms with E-state index in [0.717, 1.165) is 16.7 Å². The van der Waals surface area contributed by atoms with E-state index in [4.69, 9.17) is 4.74 Å². The van der Waals surface area contributed by atoms with Crippen molar-refractivity contribution in [2.24, 2.45) is 5.92 Å². The van der Waals surface area contributed by atoms with Gasteiger partial charge in [0.2, 0.25) is 5.91 Å². The summed E-state index contributed by atoms with van der Waals surface area (Å²) in [5, 5.41) is 22.8. The van der Waals surface area contributed by atoms with Crippen LogP contribution in [0, 0.1) is 5.92 Å². The molecule has 2 fully saturated rings. The number of hydrogen-bond donors (Lipinski definition) is 2. The number of aliphatic hydroxyl groups excluding tert-OH is 1. The van der Waals surface area contributed by atoms with Crippen LogP contribution < -0.4 is 40.0 Å². The first-order valence-electron chi connectivity index (χ1n) is 5.99. The van der Waals surface area contributed by atoms with Crippen LogP contribution in [0.2, 0.25) is 0 Å². The minimum absolute atomic E-state index is 0. The van der Waals surface area contributed by atoms with Gasteiger partial charge in [-0.2, -0.15) is 0 Å². The summed E-state index contributed by atoms with van der Waals surface area (Å²) in [4.78, 5) is 35.6. The number of nitrogens with zero attached hydrogens (tertiary/aromatic N) is 1. The Morgan fingerprint density at radius 2 is 2.24 bits per heavy atom. The van der Waals surface area contributed by atoms with Crippen LogP contribution in [-0.4, -0.2) is 52.1 Å². The molecule has 108 valence electrons. The van der Waals surface area contributed by atoms with Gasteiger partial charge in [-0.1, -0.05) is 11.8 Å². The molecule has 2 saturated heterocycles. The standard InChI is InChI=1S/C11H12N2O6S.Na/c1-3(14)5-8(15)13-6(10(16)17)7(20-9(5)13)4-2-12-11(18)19-4;/h3-5,9,14H,2H2,1H3,(H,12,18)(H,16,17);/q;+1/p-1/t3-,4-,5+,9-;/m1./s1. The Balaban J connectivity index is 0.00000161. The molecule has 0 aromatic carbocycles. The summed E-state index contributed by atoms with van der Waals surface area (Å²) in [6, 6.07) is 0. The Kier molecular flexibility index (Phi) is 4.60. The van der Waals surface area contributed by atoms with Crippen LogP contribution in [0.25, 0.3) is 0 Å². The molecule has 0 aromatic rings. The molecular weight excluding hydrogens is 311 g/mol. The maximum absolute atomic E-state index is 11.9. The molecule has 0 saturated carbocycles. The number of carbonyl (C=O) groups excluding carboxylic acids is 3. The van der Waals surface area contributed by atoms with Gasteiger partial charge in [0.1, 0.15) is 5.37 Å². The van der Waals surface area contributed by atoms with E-state index in [1.807, 2.05) is 0 Å². The second-order valence-corrected chi connectivity index (χ2v) is 5.92. The Labute approximate surface area is 146 Å². The van der Waals surface area contributed by atoms with Crippen molar-refractivity contribution in [1.82, 2.24) is 10.2 Å². The smallest absolute Gasteiger partial charge is 0.543 e. The quantitative estimate of drug-likeness (QED) is 0.394. The zero-order chi connectivity index (χ0) is 14.6. The first-order valence-corrected chi connectivity index (χ1v) is 6.87. The van der Waals surface area contributed by atoms with Crippen molar-refractivity contribution in [2.75, 3.05) is 6.54 Å². The van der Waals surface area contributed by atoms with Crippen molar-refractivity contribution in [2.45, 2.75) is 24.5 Å². The van der Waals surface area contributed by atoms with E-state index in [1.54, 1.807) is 0 Å². The molecular formula is C11H11N2NaO6S. The van der Waals surface area contributed by atoms with Gasteiger partial charge >= 0.3 is 35.7 Å². The van der Waals surface area contributed by atoms with E-state index in [-0.39, 0.29) is 46.7 Å². The molecule has 3 aliphatic rings. The first kappa shape index (κ1) is 16.6. The van der Waals surface area contributed by atoms with Crippen LogP contribution in [0.3, 0.4) is 0 Å². The number of amides is 2. The Morgan fingerprint density at radius 1 is 1.57 bits per heavy atom. The van der Waals surface area contributed by atoms with Gasteiger partial charge < -0.3 is 25.1 Å². The summed E-state index contributed by atoms with van der Waals surface area (Å²) in [6.07, 6.45) is -2.25. The molecule has 0 bridgehead atoms. The van der Waals surface area contributed by atoms with E-state index in [0.29, 0.717) is 0 Å². The van der Waals surface area contributed by atoms with Crippen LogP contribution in [0.4, 0.5) is 4.79 Å². The largest absolute Gasteiger partial charge is 1.00 e. The van der Waals surface area contributed by atoms with E-state index in [2.05, 4.69) is 5.32 Å². The van der Waals surface area contributed by atoms with Crippen LogP contribution in [-0.2, 0) is 14.3 Å². The molecule has 21 heavy (non-hydrogen) atoms. The fourth-order valence-electron chi connectivity index (χ4n) is 2.56. The van der Waals surface area contributed by atoms with Gasteiger partial charge in [0.25, 0.3) is 0 Å². The average Bonchev–Trinajstić information content (AvgIpc) is 2.90. The fourth-order valence-corrected chi connectivity index (χ4v) is 4.20. The van der Waals surface area contributed by atoms with Gasteiger partial charge in [-0.25, -0.2) is 4.79 Å². The molecule has 10 heteroatoms. The third-order valence-electron chi connectivity index (χ3n) is 3.49. The minimum atomic E-state index is -1.49. The molecule has 0 spiro atoms. The number of fused-ring (bicyclic) bond motifs is 1. The number of alkyl carbamates (subject to hydrolysis) is 1. The predicted octanol–water partition coefficient (Wildman–Crippen LogP) is -5.03. The van der Waals surface area contributed by atoms with Gasteiger partial charge in [-0.3, -0.25) is 9.69 Å². The molecule has 3 rings (SSSR count). The predicted molar refractivity (Wildman–Crippen MR) is 63.7 cm³/mol. The van der Waals surface area contributed by atoms with Gasteiger partial charge in [-0.15, -0.1) is 0 Å². The first-order chi connectivity index (χ1) is 9.41. The maximum Gasteiger partial charge on any atom is 1.00 e. The molecule has 0 radical (unpaired) electrons. The second kappa shape index (κ2) is 5.81. The zero-order valence-corrected chi connectivity index (χ0v) is 14.2. The summed E-state index contributed by atoms with van der Waals surface area (Å²) in [5.74, 6) is -2.60. The van der Waals surface area contributed by atoms with Crippen molar-refractivity contribution in [3.63, 3.8) is 0 Å². The van der Waals surface area contributed by atoms with Crippen LogP contribution in [0.5, 0.6) is 0 Å². The molecule has 3 aliphatic heterocycles. The van der Waals surface area contributed by atoms with Gasteiger partial charge in [0.05, 0.1) is 35.1 Å². The molecule has 8 nitrogen and oxygen atoms in total. The van der Waals surface area contributed by atoms with E-state index in [1.165, 1.54) is 6.92 Å². The second-order valence-electron chi connectivity index (χ2n) is 4.76. The molecule has 0 aromatic heterocycles. The van der Waals surface area contributed by atoms with Crippen molar-refractivity contribution in [1.29, 1.82) is 0 Å². The molecule has 4 atom stereocenters. The van der Waals surface area contributed by atoms with E-state index in [9.17, 15) is 24.6 Å². The number of hydrogen-bond acceptors (Lipinski definition) is 7. The normalized spacial score (nSPS) is 31.9. The summed E-state index contributed by atoms with van der Waals surface area (Å²) in [6.45, 7) is 1.63. The Bertz CT molecular complexity index is 551. The zero-order valence-electron chi connectivity index (χ0n) is 11.4. The number of carboxylic acids is 1. The Hall–Kier alpha value is -0.740. The Morgan fingerprint density at radius 3 is 2.71 bits per heavy atom. The van der Waals surface area contributed by atoms with Gasteiger partial charge in [0, 0.05) is 0 Å². The van der Waals surface area contributed by atoms with Crippen molar-refractivity contribution in [3.05, 3.63) is 10.6 Å². The number of aliphatic carboxylic acids is 1. The number of carbonyl (C=O) groups is 3. The van der Waals surface area contributed by atoms with Crippen molar-refractivity contribution >= 4 is 29.7 Å². The average molecular weight is 322 g/mol. The van der Waals surface area contributed by atoms with E-state index < -0.39 is 41.5 Å². The SMILES string of the molecule is C[C@@H](O)[C@H]1C(=O)N2C(C(=O)[O-])=C([C@H]3CNC(=O)O3)S[C@H]12.[Na+]. The number of rotatable bonds is 3. The fraction of sp³-hybridized carbons (Fsp3) is 0.545. The molecule has 2 N–H and O–H groups in total. The number of carboxylic acid groups (broad SMARTS) is 1. The van der Waals surface area contributed by atoms with Crippen LogP contribution in [0.1, 0.15) is 6.92 Å². The van der Waals surface area contributed by atoms with Crippen LogP contribution >= 0.6 is 11.8 Å². The maximum atomic E-state index is 11.9. The summed E-state index contributed by atoms with van der Waals surface area (Å²) in [5.41, 5.74) is -0.261. The van der Waals surface area contributed by atoms with Crippen molar-refractivity contribution in [3.8, 4) is 0 Å².